The van der Waals surface area contributed by atoms with Crippen molar-refractivity contribution in [1.82, 2.24) is 0 Å². The maximum absolute atomic E-state index is 10.3. The van der Waals surface area contributed by atoms with Crippen molar-refractivity contribution in [2.45, 2.75) is 105 Å². The van der Waals surface area contributed by atoms with Gasteiger partial charge in [0.2, 0.25) is 0 Å². The van der Waals surface area contributed by atoms with Crippen LogP contribution in [0.25, 0.3) is 0 Å². The fourth-order valence-corrected chi connectivity index (χ4v) is 8.85. The summed E-state index contributed by atoms with van der Waals surface area (Å²) in [7, 11) is 0. The van der Waals surface area contributed by atoms with Crippen LogP contribution in [0.2, 0.25) is 0 Å². The lowest BCUT2D eigenvalue weighted by Gasteiger charge is -2.61. The standard InChI is InChI=1S/C28H48O/c1-18(2)19(3)7-8-20(4)24-11-12-25-23-10-9-21-17-22(29)13-15-27(21,5)26(23)14-16-28(24,25)6/h7-8,18-26,29H,9-17H2,1-6H3/b8-7+/t19?,20?,21?,22-,23?,24+,25-,26-,27-,28+/m0/s1. The van der Waals surface area contributed by atoms with Gasteiger partial charge in [0.05, 0.1) is 6.10 Å². The topological polar surface area (TPSA) is 20.2 Å². The first-order chi connectivity index (χ1) is 13.7. The average molecular weight is 401 g/mol. The first-order valence-corrected chi connectivity index (χ1v) is 13.0. The molecule has 10 atom stereocenters. The molecule has 0 amide bonds. The minimum Gasteiger partial charge on any atom is -0.393 e. The van der Waals surface area contributed by atoms with E-state index in [1.165, 1.54) is 44.9 Å². The number of allylic oxidation sites excluding steroid dienone is 2. The van der Waals surface area contributed by atoms with Gasteiger partial charge in [-0.05, 0) is 116 Å². The maximum Gasteiger partial charge on any atom is 0.0543 e. The number of hydrogen-bond acceptors (Lipinski definition) is 1. The molecule has 1 N–H and O–H groups in total. The Hall–Kier alpha value is -0.300. The molecule has 4 aliphatic carbocycles. The van der Waals surface area contributed by atoms with E-state index in [0.29, 0.717) is 16.7 Å². The monoisotopic (exact) mass is 400 g/mol. The van der Waals surface area contributed by atoms with E-state index >= 15 is 0 Å². The molecule has 0 saturated heterocycles. The van der Waals surface area contributed by atoms with Crippen molar-refractivity contribution in [1.29, 1.82) is 0 Å². The Morgan fingerprint density at radius 3 is 2.21 bits per heavy atom. The van der Waals surface area contributed by atoms with E-state index in [1.54, 1.807) is 0 Å². The van der Waals surface area contributed by atoms with Gasteiger partial charge in [0.25, 0.3) is 0 Å². The molecular weight excluding hydrogens is 352 g/mol. The molecule has 1 heteroatoms. The van der Waals surface area contributed by atoms with Gasteiger partial charge in [0, 0.05) is 0 Å². The first-order valence-electron chi connectivity index (χ1n) is 13.0. The van der Waals surface area contributed by atoms with Gasteiger partial charge in [-0.3, -0.25) is 0 Å². The molecule has 0 heterocycles. The number of aliphatic hydroxyl groups excluding tert-OH is 1. The molecule has 0 aromatic carbocycles. The molecule has 4 unspecified atom stereocenters. The third-order valence-electron chi connectivity index (χ3n) is 11.1. The summed E-state index contributed by atoms with van der Waals surface area (Å²) in [6.45, 7) is 14.9. The highest BCUT2D eigenvalue weighted by Gasteiger charge is 2.60. The zero-order valence-electron chi connectivity index (χ0n) is 20.2. The van der Waals surface area contributed by atoms with Crippen molar-refractivity contribution in [3.8, 4) is 0 Å². The van der Waals surface area contributed by atoms with Crippen LogP contribution in [0, 0.1) is 58.2 Å². The highest BCUT2D eigenvalue weighted by molar-refractivity contribution is 5.11. The van der Waals surface area contributed by atoms with Gasteiger partial charge >= 0.3 is 0 Å². The lowest BCUT2D eigenvalue weighted by atomic mass is 9.44. The summed E-state index contributed by atoms with van der Waals surface area (Å²) in [5, 5.41) is 10.3. The molecule has 29 heavy (non-hydrogen) atoms. The zero-order chi connectivity index (χ0) is 21.0. The molecule has 0 spiro atoms. The lowest BCUT2D eigenvalue weighted by Crippen LogP contribution is -2.54. The van der Waals surface area contributed by atoms with Crippen molar-refractivity contribution in [2.24, 2.45) is 58.2 Å². The smallest absolute Gasteiger partial charge is 0.0543 e. The van der Waals surface area contributed by atoms with E-state index in [-0.39, 0.29) is 6.10 Å². The van der Waals surface area contributed by atoms with Gasteiger partial charge < -0.3 is 5.11 Å². The fraction of sp³-hybridized carbons (Fsp3) is 0.929. The fourth-order valence-electron chi connectivity index (χ4n) is 8.85. The molecule has 0 aliphatic heterocycles. The molecular formula is C28H48O. The van der Waals surface area contributed by atoms with Crippen LogP contribution in [0.1, 0.15) is 99.3 Å². The highest BCUT2D eigenvalue weighted by Crippen LogP contribution is 2.68. The Morgan fingerprint density at radius 2 is 1.48 bits per heavy atom. The van der Waals surface area contributed by atoms with Crippen LogP contribution in [0.4, 0.5) is 0 Å². The molecule has 4 rings (SSSR count). The zero-order valence-corrected chi connectivity index (χ0v) is 20.2. The number of hydrogen-bond donors (Lipinski definition) is 1. The summed E-state index contributed by atoms with van der Waals surface area (Å²) < 4.78 is 0. The van der Waals surface area contributed by atoms with Crippen LogP contribution in [-0.2, 0) is 0 Å². The second kappa shape index (κ2) is 7.99. The van der Waals surface area contributed by atoms with Gasteiger partial charge in [-0.2, -0.15) is 0 Å². The quantitative estimate of drug-likeness (QED) is 0.485. The van der Waals surface area contributed by atoms with E-state index in [2.05, 4.69) is 53.7 Å². The molecule has 0 bridgehead atoms. The van der Waals surface area contributed by atoms with Crippen molar-refractivity contribution in [3.63, 3.8) is 0 Å². The summed E-state index contributed by atoms with van der Waals surface area (Å²) in [4.78, 5) is 0. The molecule has 0 aromatic heterocycles. The highest BCUT2D eigenvalue weighted by atomic mass is 16.3. The first kappa shape index (κ1) is 21.9. The predicted molar refractivity (Wildman–Crippen MR) is 124 cm³/mol. The van der Waals surface area contributed by atoms with Crippen molar-refractivity contribution in [3.05, 3.63) is 12.2 Å². The second-order valence-corrected chi connectivity index (χ2v) is 12.7. The molecule has 4 aliphatic rings. The Bertz CT molecular complexity index is 607. The van der Waals surface area contributed by atoms with E-state index in [9.17, 15) is 5.11 Å². The molecule has 166 valence electrons. The molecule has 0 radical (unpaired) electrons. The van der Waals surface area contributed by atoms with E-state index in [1.807, 2.05) is 0 Å². The van der Waals surface area contributed by atoms with Crippen LogP contribution in [0.3, 0.4) is 0 Å². The third-order valence-corrected chi connectivity index (χ3v) is 11.1. The van der Waals surface area contributed by atoms with E-state index in [4.69, 9.17) is 0 Å². The Labute approximate surface area is 181 Å². The van der Waals surface area contributed by atoms with Crippen LogP contribution in [0.15, 0.2) is 12.2 Å². The largest absolute Gasteiger partial charge is 0.393 e. The third kappa shape index (κ3) is 3.66. The molecule has 4 saturated carbocycles. The van der Waals surface area contributed by atoms with Gasteiger partial charge in [0.15, 0.2) is 0 Å². The SMILES string of the molecule is CC(C)C(C)/C=C/C(C)[C@H]1CC[C@H]2C3CCC4C[C@@H](O)CC[C@]4(C)[C@H]3CC[C@]12C. The van der Waals surface area contributed by atoms with Gasteiger partial charge in [-0.25, -0.2) is 0 Å². The lowest BCUT2D eigenvalue weighted by molar-refractivity contribution is -0.128. The van der Waals surface area contributed by atoms with Gasteiger partial charge in [-0.15, -0.1) is 0 Å². The average Bonchev–Trinajstić information content (AvgIpc) is 3.03. The van der Waals surface area contributed by atoms with Crippen LogP contribution in [0.5, 0.6) is 0 Å². The summed E-state index contributed by atoms with van der Waals surface area (Å²) in [5.74, 6) is 6.66. The van der Waals surface area contributed by atoms with E-state index < -0.39 is 0 Å². The minimum atomic E-state index is -0.0183. The van der Waals surface area contributed by atoms with Crippen LogP contribution in [-0.4, -0.2) is 11.2 Å². The molecule has 0 aromatic rings. The number of rotatable bonds is 4. The van der Waals surface area contributed by atoms with Crippen molar-refractivity contribution >= 4 is 0 Å². The maximum atomic E-state index is 10.3. The minimum absolute atomic E-state index is 0.0183. The van der Waals surface area contributed by atoms with E-state index in [0.717, 1.165) is 54.3 Å². The summed E-state index contributed by atoms with van der Waals surface area (Å²) >= 11 is 0. The molecule has 4 fully saturated rings. The van der Waals surface area contributed by atoms with Crippen LogP contribution >= 0.6 is 0 Å². The van der Waals surface area contributed by atoms with Gasteiger partial charge in [0.1, 0.15) is 0 Å². The predicted octanol–water partition coefficient (Wildman–Crippen LogP) is 7.49. The normalized spacial score (nSPS) is 49.5. The number of fused-ring (bicyclic) bond motifs is 5. The van der Waals surface area contributed by atoms with Crippen molar-refractivity contribution in [2.75, 3.05) is 0 Å². The summed E-state index contributed by atoms with van der Waals surface area (Å²) in [6.07, 6.45) is 17.1. The summed E-state index contributed by atoms with van der Waals surface area (Å²) in [5.41, 5.74) is 1.07. The second-order valence-electron chi connectivity index (χ2n) is 12.7. The van der Waals surface area contributed by atoms with Crippen LogP contribution < -0.4 is 0 Å². The van der Waals surface area contributed by atoms with Crippen molar-refractivity contribution < 1.29 is 5.11 Å². The Kier molecular flexibility index (Phi) is 6.04. The number of aliphatic hydroxyl groups is 1. The molecule has 1 nitrogen and oxygen atoms in total. The van der Waals surface area contributed by atoms with Gasteiger partial charge in [-0.1, -0.05) is 53.7 Å². The Balaban J connectivity index is 1.50. The summed E-state index contributed by atoms with van der Waals surface area (Å²) in [6, 6.07) is 0. The Morgan fingerprint density at radius 1 is 0.793 bits per heavy atom.